The number of hydrogen-bond acceptors (Lipinski definition) is 7. The highest BCUT2D eigenvalue weighted by Crippen LogP contribution is 2.33. The van der Waals surface area contributed by atoms with Crippen molar-refractivity contribution in [3.63, 3.8) is 0 Å². The molecule has 0 atom stereocenters. The molecule has 0 unspecified atom stereocenters. The van der Waals surface area contributed by atoms with Crippen LogP contribution < -0.4 is 10.4 Å². The first kappa shape index (κ1) is 19.7. The Morgan fingerprint density at radius 2 is 1.40 bits per heavy atom. The van der Waals surface area contributed by atoms with E-state index in [4.69, 9.17) is 25.8 Å². The first-order valence-corrected chi connectivity index (χ1v) is 12.0. The second kappa shape index (κ2) is 10.4. The lowest BCUT2D eigenvalue weighted by atomic mass is 9.99. The third-order valence-corrected chi connectivity index (χ3v) is 6.41. The summed E-state index contributed by atoms with van der Waals surface area (Å²) in [6, 6.07) is 8.52. The molecule has 0 fully saturated rings. The fraction of sp³-hybridized carbons (Fsp3) is 0. The van der Waals surface area contributed by atoms with E-state index in [2.05, 4.69) is 19.7 Å². The summed E-state index contributed by atoms with van der Waals surface area (Å²) < 4.78 is 56.0. The Kier molecular flexibility index (Phi) is 4.75. The summed E-state index contributed by atoms with van der Waals surface area (Å²) >= 11 is 0. The highest BCUT2D eigenvalue weighted by Gasteiger charge is 2.16. The molecule has 0 amide bonds. The van der Waals surface area contributed by atoms with E-state index in [-0.39, 0.29) is 38.4 Å². The Labute approximate surface area is 252 Å². The zero-order chi connectivity index (χ0) is 35.3. The van der Waals surface area contributed by atoms with Gasteiger partial charge in [0.2, 0.25) is 5.70 Å². The molecule has 194 valence electrons. The van der Waals surface area contributed by atoms with Gasteiger partial charge in [-0.3, -0.25) is 9.97 Å². The van der Waals surface area contributed by atoms with Gasteiger partial charge in [0.15, 0.2) is 5.69 Å². The van der Waals surface area contributed by atoms with Crippen molar-refractivity contribution in [3.05, 3.63) is 134 Å². The summed E-state index contributed by atoms with van der Waals surface area (Å²) in [4.78, 5) is 15.8. The van der Waals surface area contributed by atoms with Crippen LogP contribution in [-0.4, -0.2) is 9.97 Å². The Bertz CT molecular complexity index is 2650. The van der Waals surface area contributed by atoms with Crippen LogP contribution in [0, 0.1) is 58.5 Å². The molecule has 3 heterocycles. The number of furan rings is 1. The summed E-state index contributed by atoms with van der Waals surface area (Å²) in [5.74, 6) is 0. The van der Waals surface area contributed by atoms with E-state index >= 15 is 0 Å². The molecule has 9 nitrogen and oxygen atoms in total. The minimum Gasteiger partial charge on any atom is -0.464 e. The summed E-state index contributed by atoms with van der Waals surface area (Å²) in [5.41, 5.74) is -1.97. The van der Waals surface area contributed by atoms with Crippen molar-refractivity contribution in [1.82, 2.24) is 9.97 Å². The molecule has 0 spiro atoms. The van der Waals surface area contributed by atoms with Crippen molar-refractivity contribution in [2.24, 2.45) is 0 Å². The number of rotatable bonds is 2. The fourth-order valence-corrected chi connectivity index (χ4v) is 4.60. The van der Waals surface area contributed by atoms with Crippen molar-refractivity contribution >= 4 is 49.7 Å². The number of pyridine rings is 2. The van der Waals surface area contributed by atoms with Gasteiger partial charge < -0.3 is 4.42 Å². The average molecular weight is 555 g/mol. The van der Waals surface area contributed by atoms with E-state index in [1.165, 1.54) is 24.7 Å². The molecule has 3 aromatic heterocycles. The Hall–Kier alpha value is -7.30. The molecule has 3 aromatic carbocycles. The summed E-state index contributed by atoms with van der Waals surface area (Å²) in [5, 5.41) is 40.5. The number of nitrogens with zero attached hydrogens (tertiary/aromatic N) is 8. The molecule has 0 aliphatic heterocycles. The highest BCUT2D eigenvalue weighted by molar-refractivity contribution is 6.21. The van der Waals surface area contributed by atoms with Gasteiger partial charge in [-0.05, 0) is 59.5 Å². The standard InChI is InChI=1S/C34H12N8O/c1-39-26-9-21(15-37)6-22(10-26)30(16-38)24-11-28-27-3-4-43-34(27)29-12-25(18-42-33(29)32(28)41-17-24)31(40-2)23-7-19(13-35)5-20(8-23)14-36/h3-12,17-18H/b30-24+,31-25+/i5D,6D,7D,8D,9D,10D. The van der Waals surface area contributed by atoms with E-state index in [9.17, 15) is 21.0 Å². The van der Waals surface area contributed by atoms with Gasteiger partial charge in [-0.1, -0.05) is 6.07 Å². The molecular weight excluding hydrogens is 536 g/mol. The summed E-state index contributed by atoms with van der Waals surface area (Å²) in [6.07, 6.45) is 4.00. The minimum absolute atomic E-state index is 0.136. The van der Waals surface area contributed by atoms with Gasteiger partial charge >= 0.3 is 0 Å². The highest BCUT2D eigenvalue weighted by atomic mass is 16.3. The first-order valence-electron chi connectivity index (χ1n) is 15.0. The van der Waals surface area contributed by atoms with Crippen molar-refractivity contribution in [2.45, 2.75) is 0 Å². The van der Waals surface area contributed by atoms with Crippen LogP contribution >= 0.6 is 0 Å². The van der Waals surface area contributed by atoms with Crippen LogP contribution in [0.2, 0.25) is 0 Å². The van der Waals surface area contributed by atoms with Crippen molar-refractivity contribution in [2.75, 3.05) is 0 Å². The molecule has 0 N–H and O–H groups in total. The molecule has 9 heteroatoms. The van der Waals surface area contributed by atoms with Crippen LogP contribution in [0.4, 0.5) is 5.69 Å². The third-order valence-electron chi connectivity index (χ3n) is 6.41. The lowest BCUT2D eigenvalue weighted by Gasteiger charge is -2.07. The van der Waals surface area contributed by atoms with E-state index in [1.807, 2.05) is 6.07 Å². The molecule has 0 aliphatic rings. The second-order valence-electron chi connectivity index (χ2n) is 8.77. The maximum atomic E-state index is 10.2. The minimum atomic E-state index is -0.570. The molecule has 6 rings (SSSR count). The van der Waals surface area contributed by atoms with Crippen LogP contribution in [-0.2, 0) is 0 Å². The SMILES string of the molecule is [2H]c1c(C#N)c([2H])c(/C([N+]#[C-])=c2\cnc3c(c2)c2occc2c2c/c(=C(/C#N)c4c([2H])c(C#N)c([2H])c([N+]#[C-])c4[2H])cnc23)c([2H])c1C#N. The lowest BCUT2D eigenvalue weighted by Crippen LogP contribution is -2.09. The third kappa shape index (κ3) is 4.32. The zero-order valence-corrected chi connectivity index (χ0v) is 21.5. The van der Waals surface area contributed by atoms with Crippen molar-refractivity contribution < 1.29 is 12.6 Å². The Morgan fingerprint density at radius 1 is 0.767 bits per heavy atom. The van der Waals surface area contributed by atoms with Crippen LogP contribution in [0.5, 0.6) is 0 Å². The number of fused-ring (bicyclic) bond motifs is 6. The van der Waals surface area contributed by atoms with Gasteiger partial charge in [0.05, 0.1) is 66.7 Å². The van der Waals surface area contributed by atoms with Gasteiger partial charge in [-0.2, -0.15) is 21.0 Å². The molecule has 0 saturated heterocycles. The quantitative estimate of drug-likeness (QED) is 0.203. The van der Waals surface area contributed by atoms with E-state index in [0.717, 1.165) is 0 Å². The maximum Gasteiger partial charge on any atom is 0.203 e. The zero-order valence-electron chi connectivity index (χ0n) is 27.5. The largest absolute Gasteiger partial charge is 0.464 e. The molecule has 0 radical (unpaired) electrons. The summed E-state index contributed by atoms with van der Waals surface area (Å²) in [6.45, 7) is 15.3. The predicted molar refractivity (Wildman–Crippen MR) is 157 cm³/mol. The van der Waals surface area contributed by atoms with Crippen LogP contribution in [0.25, 0.3) is 53.7 Å². The molecule has 0 aliphatic carbocycles. The average Bonchev–Trinajstić information content (AvgIpc) is 3.60. The van der Waals surface area contributed by atoms with Crippen molar-refractivity contribution in [1.29, 1.82) is 21.0 Å². The molecular formula is C34H12N8O. The molecule has 6 aromatic rings. The number of hydrogen-bond donors (Lipinski definition) is 0. The van der Waals surface area contributed by atoms with Gasteiger partial charge in [-0.15, -0.1) is 0 Å². The van der Waals surface area contributed by atoms with Gasteiger partial charge in [0.25, 0.3) is 0 Å². The molecule has 43 heavy (non-hydrogen) atoms. The van der Waals surface area contributed by atoms with Crippen LogP contribution in [0.3, 0.4) is 0 Å². The predicted octanol–water partition coefficient (Wildman–Crippen LogP) is 5.49. The van der Waals surface area contributed by atoms with Crippen LogP contribution in [0.1, 0.15) is 36.0 Å². The molecule has 0 bridgehead atoms. The normalized spacial score (nSPS) is 13.8. The van der Waals surface area contributed by atoms with E-state index in [1.54, 1.807) is 30.3 Å². The number of benzene rings is 3. The van der Waals surface area contributed by atoms with Crippen molar-refractivity contribution in [3.8, 4) is 24.3 Å². The van der Waals surface area contributed by atoms with Gasteiger partial charge in [0, 0.05) is 45.9 Å². The fourth-order valence-electron chi connectivity index (χ4n) is 4.60. The first-order chi connectivity index (χ1) is 23.6. The Morgan fingerprint density at radius 3 is 2.05 bits per heavy atom. The van der Waals surface area contributed by atoms with E-state index in [0.29, 0.717) is 27.2 Å². The van der Waals surface area contributed by atoms with Crippen LogP contribution in [0.15, 0.2) is 77.5 Å². The second-order valence-corrected chi connectivity index (χ2v) is 8.77. The van der Waals surface area contributed by atoms with Gasteiger partial charge in [-0.25, -0.2) is 9.69 Å². The lowest BCUT2D eigenvalue weighted by molar-refractivity contribution is 0.619. The Balaban J connectivity index is 1.71. The number of aromatic nitrogens is 2. The number of nitriles is 4. The topological polar surface area (TPSA) is 143 Å². The molecule has 0 saturated carbocycles. The summed E-state index contributed by atoms with van der Waals surface area (Å²) in [7, 11) is 0. The monoisotopic (exact) mass is 554 g/mol. The maximum absolute atomic E-state index is 10.2. The van der Waals surface area contributed by atoms with Gasteiger partial charge in [0.1, 0.15) is 17.2 Å². The van der Waals surface area contributed by atoms with E-state index < -0.39 is 58.6 Å². The smallest absolute Gasteiger partial charge is 0.203 e.